The molecule has 1 aromatic carbocycles. The van der Waals surface area contributed by atoms with Crippen molar-refractivity contribution in [1.29, 1.82) is 0 Å². The van der Waals surface area contributed by atoms with E-state index in [1.807, 2.05) is 0 Å². The van der Waals surface area contributed by atoms with Gasteiger partial charge in [-0.3, -0.25) is 4.79 Å². The molecule has 0 amide bonds. The predicted octanol–water partition coefficient (Wildman–Crippen LogP) is 1.20. The number of benzene rings is 1. The molecule has 0 saturated carbocycles. The summed E-state index contributed by atoms with van der Waals surface area (Å²) in [5, 5.41) is 4.50. The molecule has 0 aliphatic heterocycles. The van der Waals surface area contributed by atoms with Gasteiger partial charge in [0.25, 0.3) is 5.56 Å². The van der Waals surface area contributed by atoms with E-state index < -0.39 is 37.6 Å². The van der Waals surface area contributed by atoms with Crippen molar-refractivity contribution in [3.63, 3.8) is 0 Å². The minimum Gasteiger partial charge on any atom is -0.311 e. The molecule has 20 heavy (non-hydrogen) atoms. The monoisotopic (exact) mass is 306 g/mol. The first kappa shape index (κ1) is 14.5. The summed E-state index contributed by atoms with van der Waals surface area (Å²) in [4.78, 5) is 11.1. The van der Waals surface area contributed by atoms with Crippen molar-refractivity contribution in [2.24, 2.45) is 12.2 Å². The molecule has 0 unspecified atom stereocenters. The van der Waals surface area contributed by atoms with Crippen molar-refractivity contribution in [2.75, 3.05) is 0 Å². The van der Waals surface area contributed by atoms with Crippen LogP contribution in [-0.4, -0.2) is 13.0 Å². The van der Waals surface area contributed by atoms with E-state index in [9.17, 15) is 26.4 Å². The minimum atomic E-state index is -4.78. The van der Waals surface area contributed by atoms with Crippen molar-refractivity contribution < 1.29 is 21.6 Å². The summed E-state index contributed by atoms with van der Waals surface area (Å²) >= 11 is 0. The molecule has 0 spiro atoms. The molecule has 0 fully saturated rings. The number of hydrogen-bond donors (Lipinski definition) is 1. The Kier molecular flexibility index (Phi) is 3.14. The van der Waals surface area contributed by atoms with Crippen molar-refractivity contribution in [2.45, 2.75) is 11.1 Å². The van der Waals surface area contributed by atoms with Crippen LogP contribution in [0.2, 0.25) is 0 Å². The fourth-order valence-corrected chi connectivity index (χ4v) is 2.39. The summed E-state index contributed by atoms with van der Waals surface area (Å²) in [6, 6.07) is 3.41. The van der Waals surface area contributed by atoms with Crippen LogP contribution in [0.15, 0.2) is 34.0 Å². The van der Waals surface area contributed by atoms with E-state index in [4.69, 9.17) is 5.14 Å². The highest BCUT2D eigenvalue weighted by Gasteiger charge is 2.34. The van der Waals surface area contributed by atoms with E-state index in [0.717, 1.165) is 22.8 Å². The van der Waals surface area contributed by atoms with Crippen LogP contribution in [0.5, 0.6) is 0 Å². The van der Waals surface area contributed by atoms with Gasteiger partial charge in [-0.2, -0.15) is 13.2 Å². The maximum Gasteiger partial charge on any atom is 0.417 e. The summed E-state index contributed by atoms with van der Waals surface area (Å²) < 4.78 is 62.2. The molecule has 0 aliphatic carbocycles. The summed E-state index contributed by atoms with van der Waals surface area (Å²) in [6.45, 7) is 0. The van der Waals surface area contributed by atoms with Gasteiger partial charge < -0.3 is 4.57 Å². The first-order valence-electron chi connectivity index (χ1n) is 5.25. The van der Waals surface area contributed by atoms with Gasteiger partial charge in [0.2, 0.25) is 10.0 Å². The number of sulfonamides is 1. The lowest BCUT2D eigenvalue weighted by Crippen LogP contribution is -2.21. The quantitative estimate of drug-likeness (QED) is 0.859. The van der Waals surface area contributed by atoms with Gasteiger partial charge in [0, 0.05) is 18.5 Å². The molecule has 1 aromatic heterocycles. The summed E-state index contributed by atoms with van der Waals surface area (Å²) in [5.41, 5.74) is -2.06. The van der Waals surface area contributed by atoms with Crippen molar-refractivity contribution in [1.82, 2.24) is 4.57 Å². The van der Waals surface area contributed by atoms with Crippen LogP contribution < -0.4 is 10.7 Å². The Labute approximate surface area is 111 Å². The number of nitrogens with two attached hydrogens (primary N) is 1. The van der Waals surface area contributed by atoms with E-state index in [0.29, 0.717) is 6.07 Å². The third-order valence-electron chi connectivity index (χ3n) is 2.85. The number of fused-ring (bicyclic) bond motifs is 1. The minimum absolute atomic E-state index is 0.0303. The van der Waals surface area contributed by atoms with Gasteiger partial charge in [0.05, 0.1) is 16.0 Å². The molecule has 5 nitrogen and oxygen atoms in total. The van der Waals surface area contributed by atoms with Crippen LogP contribution in [0, 0.1) is 0 Å². The zero-order valence-corrected chi connectivity index (χ0v) is 10.9. The lowest BCUT2D eigenvalue weighted by molar-refractivity contribution is -0.136. The molecule has 0 saturated heterocycles. The fraction of sp³-hybridized carbons (Fsp3) is 0.182. The first-order chi connectivity index (χ1) is 9.01. The Bertz CT molecular complexity index is 854. The lowest BCUT2D eigenvalue weighted by atomic mass is 10.1. The molecular weight excluding hydrogens is 297 g/mol. The molecule has 0 bridgehead atoms. The molecular formula is C11H9F3N2O3S. The Morgan fingerprint density at radius 2 is 1.80 bits per heavy atom. The first-order valence-corrected chi connectivity index (χ1v) is 6.80. The van der Waals surface area contributed by atoms with E-state index >= 15 is 0 Å². The van der Waals surface area contributed by atoms with Gasteiger partial charge in [0.1, 0.15) is 0 Å². The molecule has 0 radical (unpaired) electrons. The topological polar surface area (TPSA) is 82.2 Å². The Morgan fingerprint density at radius 1 is 1.20 bits per heavy atom. The van der Waals surface area contributed by atoms with Gasteiger partial charge in [-0.15, -0.1) is 0 Å². The highest BCUT2D eigenvalue weighted by molar-refractivity contribution is 7.89. The summed E-state index contributed by atoms with van der Waals surface area (Å²) in [6.07, 6.45) is -4.78. The van der Waals surface area contributed by atoms with E-state index in [1.54, 1.807) is 0 Å². The standard InChI is InChI=1S/C11H9F3N2O3S/c1-16-9-3-2-6(20(15,18)19)4-7(9)8(5-10(16)17)11(12,13)14/h2-5H,1H3,(H2,15,18,19). The van der Waals surface area contributed by atoms with E-state index in [2.05, 4.69) is 0 Å². The Balaban J connectivity index is 3.00. The average Bonchev–Trinajstić information content (AvgIpc) is 2.30. The van der Waals surface area contributed by atoms with E-state index in [1.165, 1.54) is 7.05 Å². The van der Waals surface area contributed by atoms with Gasteiger partial charge >= 0.3 is 6.18 Å². The highest BCUT2D eigenvalue weighted by Crippen LogP contribution is 2.34. The molecule has 9 heteroatoms. The third-order valence-corrected chi connectivity index (χ3v) is 3.76. The number of primary sulfonamides is 1. The molecule has 1 heterocycles. The highest BCUT2D eigenvalue weighted by atomic mass is 32.2. The maximum absolute atomic E-state index is 12.9. The van der Waals surface area contributed by atoms with Crippen LogP contribution in [0.1, 0.15) is 5.56 Å². The second kappa shape index (κ2) is 4.32. The summed E-state index contributed by atoms with van der Waals surface area (Å²) in [5.74, 6) is 0. The number of rotatable bonds is 1. The van der Waals surface area contributed by atoms with Crippen LogP contribution >= 0.6 is 0 Å². The van der Waals surface area contributed by atoms with Crippen molar-refractivity contribution >= 4 is 20.9 Å². The average molecular weight is 306 g/mol. The fourth-order valence-electron chi connectivity index (χ4n) is 1.85. The largest absolute Gasteiger partial charge is 0.417 e. The number of pyridine rings is 1. The number of alkyl halides is 3. The SMILES string of the molecule is Cn1c(=O)cc(C(F)(F)F)c2cc(S(N)(=O)=O)ccc21. The third kappa shape index (κ3) is 2.41. The number of aryl methyl sites for hydroxylation is 1. The van der Waals surface area contributed by atoms with Crippen LogP contribution in [0.25, 0.3) is 10.9 Å². The second-order valence-corrected chi connectivity index (χ2v) is 5.74. The van der Waals surface area contributed by atoms with Crippen molar-refractivity contribution in [3.8, 4) is 0 Å². The Hall–Kier alpha value is -1.87. The smallest absolute Gasteiger partial charge is 0.311 e. The molecule has 108 valence electrons. The molecule has 2 rings (SSSR count). The van der Waals surface area contributed by atoms with Crippen LogP contribution in [-0.2, 0) is 23.2 Å². The molecule has 0 atom stereocenters. The number of hydrogen-bond acceptors (Lipinski definition) is 3. The van der Waals surface area contributed by atoms with Gasteiger partial charge in [-0.25, -0.2) is 13.6 Å². The summed E-state index contributed by atoms with van der Waals surface area (Å²) in [7, 11) is -2.84. The zero-order valence-electron chi connectivity index (χ0n) is 10.1. The number of halogens is 3. The molecule has 2 aromatic rings. The van der Waals surface area contributed by atoms with Gasteiger partial charge in [-0.1, -0.05) is 0 Å². The van der Waals surface area contributed by atoms with E-state index in [-0.39, 0.29) is 5.52 Å². The molecule has 2 N–H and O–H groups in total. The zero-order chi connectivity index (χ0) is 15.3. The van der Waals surface area contributed by atoms with Gasteiger partial charge in [-0.05, 0) is 18.2 Å². The normalized spacial score (nSPS) is 12.8. The van der Waals surface area contributed by atoms with Crippen LogP contribution in [0.4, 0.5) is 13.2 Å². The molecule has 0 aliphatic rings. The van der Waals surface area contributed by atoms with Gasteiger partial charge in [0.15, 0.2) is 0 Å². The number of nitrogens with zero attached hydrogens (tertiary/aromatic N) is 1. The second-order valence-electron chi connectivity index (χ2n) is 4.18. The predicted molar refractivity (Wildman–Crippen MR) is 65.6 cm³/mol. The van der Waals surface area contributed by atoms with Crippen LogP contribution in [0.3, 0.4) is 0 Å². The lowest BCUT2D eigenvalue weighted by Gasteiger charge is -2.13. The number of aromatic nitrogens is 1. The van der Waals surface area contributed by atoms with Crippen molar-refractivity contribution in [3.05, 3.63) is 40.2 Å². The maximum atomic E-state index is 12.9. The Morgan fingerprint density at radius 3 is 2.30 bits per heavy atom.